The molecular formula is C14H10Cl2N2O4. The van der Waals surface area contributed by atoms with Gasteiger partial charge in [0.2, 0.25) is 0 Å². The Morgan fingerprint density at radius 1 is 1.18 bits per heavy atom. The van der Waals surface area contributed by atoms with Gasteiger partial charge in [-0.3, -0.25) is 14.9 Å². The van der Waals surface area contributed by atoms with Crippen molar-refractivity contribution in [3.05, 3.63) is 62.6 Å². The third-order valence-electron chi connectivity index (χ3n) is 2.62. The minimum absolute atomic E-state index is 0.153. The monoisotopic (exact) mass is 340 g/mol. The number of carbonyl (C=O) groups excluding carboxylic acids is 1. The van der Waals surface area contributed by atoms with Crippen molar-refractivity contribution in [2.24, 2.45) is 0 Å². The Bertz CT molecular complexity index is 704. The van der Waals surface area contributed by atoms with Crippen LogP contribution in [0, 0.1) is 10.1 Å². The van der Waals surface area contributed by atoms with E-state index in [4.69, 9.17) is 27.9 Å². The predicted molar refractivity (Wildman–Crippen MR) is 83.7 cm³/mol. The first kappa shape index (κ1) is 16.1. The number of amides is 1. The fourth-order valence-corrected chi connectivity index (χ4v) is 1.88. The summed E-state index contributed by atoms with van der Waals surface area (Å²) in [5.41, 5.74) is -0.0149. The minimum atomic E-state index is -0.573. The molecule has 0 saturated carbocycles. The summed E-state index contributed by atoms with van der Waals surface area (Å²) in [6.07, 6.45) is 0. The number of hydrogen-bond donors (Lipinski definition) is 1. The maximum atomic E-state index is 11.8. The van der Waals surface area contributed by atoms with E-state index in [0.29, 0.717) is 10.8 Å². The molecule has 0 unspecified atom stereocenters. The Hall–Kier alpha value is -2.31. The highest BCUT2D eigenvalue weighted by molar-refractivity contribution is 6.33. The Morgan fingerprint density at radius 3 is 2.50 bits per heavy atom. The summed E-state index contributed by atoms with van der Waals surface area (Å²) >= 11 is 11.6. The molecule has 0 heterocycles. The average molecular weight is 341 g/mol. The van der Waals surface area contributed by atoms with Crippen molar-refractivity contribution in [3.8, 4) is 5.75 Å². The van der Waals surface area contributed by atoms with Crippen LogP contribution >= 0.6 is 23.2 Å². The minimum Gasteiger partial charge on any atom is -0.484 e. The lowest BCUT2D eigenvalue weighted by molar-refractivity contribution is -0.384. The lowest BCUT2D eigenvalue weighted by atomic mass is 10.3. The molecule has 2 aromatic carbocycles. The van der Waals surface area contributed by atoms with Gasteiger partial charge in [0.25, 0.3) is 11.6 Å². The van der Waals surface area contributed by atoms with Crippen molar-refractivity contribution >= 4 is 40.5 Å². The number of nitro groups is 1. The Labute approximate surface area is 135 Å². The summed E-state index contributed by atoms with van der Waals surface area (Å²) in [4.78, 5) is 21.9. The molecule has 8 heteroatoms. The highest BCUT2D eigenvalue weighted by Crippen LogP contribution is 2.26. The van der Waals surface area contributed by atoms with Gasteiger partial charge >= 0.3 is 0 Å². The van der Waals surface area contributed by atoms with Gasteiger partial charge < -0.3 is 10.1 Å². The predicted octanol–water partition coefficient (Wildman–Crippen LogP) is 3.92. The SMILES string of the molecule is O=C(COc1ccc(Cl)cc1)Nc1cc([N+](=O)[O-])ccc1Cl. The molecule has 6 nitrogen and oxygen atoms in total. The number of anilines is 1. The van der Waals surface area contributed by atoms with Gasteiger partial charge in [0.15, 0.2) is 6.61 Å². The van der Waals surface area contributed by atoms with E-state index in [1.807, 2.05) is 0 Å². The first-order valence-electron chi connectivity index (χ1n) is 6.08. The average Bonchev–Trinajstić information content (AvgIpc) is 2.48. The molecule has 114 valence electrons. The molecule has 0 aromatic heterocycles. The van der Waals surface area contributed by atoms with E-state index in [1.165, 1.54) is 18.2 Å². The van der Waals surface area contributed by atoms with Gasteiger partial charge in [-0.25, -0.2) is 0 Å². The van der Waals surface area contributed by atoms with E-state index in [-0.39, 0.29) is 23.0 Å². The number of rotatable bonds is 5. The fraction of sp³-hybridized carbons (Fsp3) is 0.0714. The maximum Gasteiger partial charge on any atom is 0.271 e. The van der Waals surface area contributed by atoms with E-state index < -0.39 is 10.8 Å². The lowest BCUT2D eigenvalue weighted by Crippen LogP contribution is -2.20. The molecule has 0 spiro atoms. The van der Waals surface area contributed by atoms with Crippen LogP contribution in [0.1, 0.15) is 0 Å². The topological polar surface area (TPSA) is 81.5 Å². The summed E-state index contributed by atoms with van der Waals surface area (Å²) in [5.74, 6) is -0.0120. The number of nitrogens with zero attached hydrogens (tertiary/aromatic N) is 1. The first-order chi connectivity index (χ1) is 10.5. The number of nitrogens with one attached hydrogen (secondary N) is 1. The molecule has 0 bridgehead atoms. The van der Waals surface area contributed by atoms with Gasteiger partial charge in [-0.15, -0.1) is 0 Å². The van der Waals surface area contributed by atoms with Gasteiger partial charge in [0, 0.05) is 17.2 Å². The molecule has 2 rings (SSSR count). The number of ether oxygens (including phenoxy) is 1. The Morgan fingerprint density at radius 2 is 1.86 bits per heavy atom. The number of carbonyl (C=O) groups is 1. The fourth-order valence-electron chi connectivity index (χ4n) is 1.59. The zero-order chi connectivity index (χ0) is 16.1. The summed E-state index contributed by atoms with van der Waals surface area (Å²) in [6, 6.07) is 10.3. The highest BCUT2D eigenvalue weighted by atomic mass is 35.5. The van der Waals surface area contributed by atoms with Gasteiger partial charge in [0.1, 0.15) is 5.75 Å². The molecule has 22 heavy (non-hydrogen) atoms. The van der Waals surface area contributed by atoms with Crippen LogP contribution in [0.15, 0.2) is 42.5 Å². The molecule has 2 aromatic rings. The molecule has 1 amide bonds. The lowest BCUT2D eigenvalue weighted by Gasteiger charge is -2.08. The quantitative estimate of drug-likeness (QED) is 0.660. The van der Waals surface area contributed by atoms with Gasteiger partial charge in [0.05, 0.1) is 15.6 Å². The van der Waals surface area contributed by atoms with Crippen molar-refractivity contribution in [2.45, 2.75) is 0 Å². The van der Waals surface area contributed by atoms with Crippen molar-refractivity contribution in [2.75, 3.05) is 11.9 Å². The zero-order valence-corrected chi connectivity index (χ0v) is 12.6. The van der Waals surface area contributed by atoms with Crippen LogP contribution in [0.25, 0.3) is 0 Å². The van der Waals surface area contributed by atoms with Gasteiger partial charge in [-0.2, -0.15) is 0 Å². The van der Waals surface area contributed by atoms with Crippen LogP contribution < -0.4 is 10.1 Å². The van der Waals surface area contributed by atoms with Crippen molar-refractivity contribution in [1.29, 1.82) is 0 Å². The van der Waals surface area contributed by atoms with Crippen molar-refractivity contribution in [3.63, 3.8) is 0 Å². The van der Waals surface area contributed by atoms with E-state index >= 15 is 0 Å². The van der Waals surface area contributed by atoms with E-state index in [9.17, 15) is 14.9 Å². The van der Waals surface area contributed by atoms with Crippen LogP contribution in [0.2, 0.25) is 10.0 Å². The zero-order valence-electron chi connectivity index (χ0n) is 11.1. The van der Waals surface area contributed by atoms with Crippen LogP contribution in [0.5, 0.6) is 5.75 Å². The second-order valence-electron chi connectivity index (χ2n) is 4.21. The number of nitro benzene ring substituents is 1. The van der Waals surface area contributed by atoms with Crippen molar-refractivity contribution < 1.29 is 14.5 Å². The molecule has 0 fully saturated rings. The molecule has 0 aliphatic rings. The number of hydrogen-bond acceptors (Lipinski definition) is 4. The van der Waals surface area contributed by atoms with E-state index in [1.54, 1.807) is 24.3 Å². The summed E-state index contributed by atoms with van der Waals surface area (Å²) < 4.78 is 5.26. The Kier molecular flexibility index (Phi) is 5.19. The normalized spacial score (nSPS) is 10.1. The third kappa shape index (κ3) is 4.34. The third-order valence-corrected chi connectivity index (χ3v) is 3.20. The Balaban J connectivity index is 1.98. The molecule has 1 N–H and O–H groups in total. The van der Waals surface area contributed by atoms with Crippen molar-refractivity contribution in [1.82, 2.24) is 0 Å². The highest BCUT2D eigenvalue weighted by Gasteiger charge is 2.12. The molecule has 0 radical (unpaired) electrons. The van der Waals surface area contributed by atoms with Crippen LogP contribution in [0.3, 0.4) is 0 Å². The summed E-state index contributed by atoms with van der Waals surface area (Å²) in [7, 11) is 0. The number of non-ortho nitro benzene ring substituents is 1. The smallest absolute Gasteiger partial charge is 0.271 e. The van der Waals surface area contributed by atoms with Crippen LogP contribution in [0.4, 0.5) is 11.4 Å². The van der Waals surface area contributed by atoms with Gasteiger partial charge in [-0.1, -0.05) is 23.2 Å². The molecule has 0 aliphatic heterocycles. The van der Waals surface area contributed by atoms with E-state index in [2.05, 4.69) is 5.32 Å². The molecule has 0 atom stereocenters. The number of benzene rings is 2. The standard InChI is InChI=1S/C14H10Cl2N2O4/c15-9-1-4-11(5-2-9)22-8-14(19)17-13-7-10(18(20)21)3-6-12(13)16/h1-7H,8H2,(H,17,19). The van der Waals surface area contributed by atoms with Crippen LogP contribution in [-0.4, -0.2) is 17.4 Å². The molecule has 0 saturated heterocycles. The second kappa shape index (κ2) is 7.11. The maximum absolute atomic E-state index is 11.8. The first-order valence-corrected chi connectivity index (χ1v) is 6.83. The van der Waals surface area contributed by atoms with Gasteiger partial charge in [-0.05, 0) is 30.3 Å². The molecule has 0 aliphatic carbocycles. The second-order valence-corrected chi connectivity index (χ2v) is 5.06. The molecular weight excluding hydrogens is 331 g/mol. The largest absolute Gasteiger partial charge is 0.484 e. The summed E-state index contributed by atoms with van der Waals surface area (Å²) in [5, 5.41) is 13.9. The van der Waals surface area contributed by atoms with E-state index in [0.717, 1.165) is 0 Å². The summed E-state index contributed by atoms with van der Waals surface area (Å²) in [6.45, 7) is -0.263. The number of halogens is 2. The van der Waals surface area contributed by atoms with Crippen LogP contribution in [-0.2, 0) is 4.79 Å².